The van der Waals surface area contributed by atoms with Gasteiger partial charge in [-0.25, -0.2) is 18.5 Å². The Labute approximate surface area is 125 Å². The molecule has 2 fully saturated rings. The fraction of sp³-hybridized carbons (Fsp3) is 0.500. The highest BCUT2D eigenvalue weighted by Crippen LogP contribution is 2.27. The van der Waals surface area contributed by atoms with Crippen LogP contribution in [0.15, 0.2) is 30.3 Å². The molecule has 0 aromatic heterocycles. The van der Waals surface area contributed by atoms with Gasteiger partial charge in [-0.2, -0.15) is 0 Å². The molecule has 0 aliphatic carbocycles. The Morgan fingerprint density at radius 1 is 1.18 bits per heavy atom. The number of amides is 1. The summed E-state index contributed by atoms with van der Waals surface area (Å²) in [5, 5.41) is 10.2. The van der Waals surface area contributed by atoms with Crippen LogP contribution in [0.3, 0.4) is 0 Å². The number of nitrogens with zero attached hydrogens (tertiary/aromatic N) is 2. The third-order valence-electron chi connectivity index (χ3n) is 3.70. The fourth-order valence-corrected chi connectivity index (χ4v) is 2.59. The fourth-order valence-electron chi connectivity index (χ4n) is 2.59. The number of carbonyl (C=O) groups excluding carboxylic acids is 1. The van der Waals surface area contributed by atoms with E-state index < -0.39 is 31.0 Å². The Morgan fingerprint density at radius 3 is 2.45 bits per heavy atom. The largest absolute Gasteiger partial charge is 0.440 e. The van der Waals surface area contributed by atoms with Crippen molar-refractivity contribution in [2.24, 2.45) is 0 Å². The van der Waals surface area contributed by atoms with Gasteiger partial charge in [0.05, 0.1) is 19.8 Å². The number of ether oxygens (including phenoxy) is 2. The van der Waals surface area contributed by atoms with Crippen LogP contribution < -0.4 is 4.90 Å². The standard InChI is InChI=1S/C14H16F2N2O4/c15-11-7-21-8-12(16)18(11)13(19)10-6-17(14(20)22-10)9-4-2-1-3-5-9/h1-5,10-13,19H,6-8H2. The molecular formula is C14H16F2N2O4. The van der Waals surface area contributed by atoms with E-state index in [-0.39, 0.29) is 19.8 Å². The zero-order chi connectivity index (χ0) is 15.7. The number of morpholine rings is 1. The van der Waals surface area contributed by atoms with Crippen LogP contribution in [0.2, 0.25) is 0 Å². The summed E-state index contributed by atoms with van der Waals surface area (Å²) in [6.45, 7) is -0.651. The second-order valence-corrected chi connectivity index (χ2v) is 5.14. The maximum Gasteiger partial charge on any atom is 0.414 e. The van der Waals surface area contributed by atoms with Crippen molar-refractivity contribution in [2.75, 3.05) is 24.7 Å². The van der Waals surface area contributed by atoms with Crippen molar-refractivity contribution in [3.63, 3.8) is 0 Å². The second kappa shape index (κ2) is 6.15. The van der Waals surface area contributed by atoms with Gasteiger partial charge in [-0.1, -0.05) is 18.2 Å². The predicted octanol–water partition coefficient (Wildman–Crippen LogP) is 1.25. The van der Waals surface area contributed by atoms with Gasteiger partial charge in [-0.15, -0.1) is 0 Å². The van der Waals surface area contributed by atoms with E-state index in [1.54, 1.807) is 30.3 Å². The SMILES string of the molecule is O=C1OC(C(O)N2C(F)COCC2F)CN1c1ccccc1. The molecule has 2 heterocycles. The van der Waals surface area contributed by atoms with Gasteiger partial charge in [0.2, 0.25) is 0 Å². The van der Waals surface area contributed by atoms with Crippen molar-refractivity contribution in [3.8, 4) is 0 Å². The topological polar surface area (TPSA) is 62.2 Å². The molecule has 8 heteroatoms. The third kappa shape index (κ3) is 2.77. The number of benzene rings is 1. The summed E-state index contributed by atoms with van der Waals surface area (Å²) in [7, 11) is 0. The van der Waals surface area contributed by atoms with Crippen molar-refractivity contribution in [1.82, 2.24) is 4.90 Å². The van der Waals surface area contributed by atoms with Crippen molar-refractivity contribution >= 4 is 11.8 Å². The first-order valence-corrected chi connectivity index (χ1v) is 6.92. The van der Waals surface area contributed by atoms with E-state index in [0.29, 0.717) is 10.6 Å². The third-order valence-corrected chi connectivity index (χ3v) is 3.70. The van der Waals surface area contributed by atoms with Crippen molar-refractivity contribution in [2.45, 2.75) is 24.9 Å². The van der Waals surface area contributed by atoms with E-state index in [4.69, 9.17) is 9.47 Å². The van der Waals surface area contributed by atoms with Gasteiger partial charge in [0.1, 0.15) is 0 Å². The lowest BCUT2D eigenvalue weighted by Crippen LogP contribution is -2.57. The lowest BCUT2D eigenvalue weighted by molar-refractivity contribution is -0.216. The Morgan fingerprint density at radius 2 is 1.82 bits per heavy atom. The van der Waals surface area contributed by atoms with Crippen LogP contribution in [0.25, 0.3) is 0 Å². The number of aliphatic hydroxyl groups excluding tert-OH is 1. The molecule has 1 amide bonds. The number of carbonyl (C=O) groups is 1. The number of para-hydroxylation sites is 1. The molecule has 6 nitrogen and oxygen atoms in total. The molecule has 22 heavy (non-hydrogen) atoms. The maximum atomic E-state index is 13.8. The van der Waals surface area contributed by atoms with E-state index in [9.17, 15) is 18.7 Å². The van der Waals surface area contributed by atoms with Gasteiger partial charge in [0.25, 0.3) is 0 Å². The van der Waals surface area contributed by atoms with Gasteiger partial charge in [0.15, 0.2) is 24.9 Å². The number of cyclic esters (lactones) is 1. The molecule has 0 bridgehead atoms. The van der Waals surface area contributed by atoms with Crippen LogP contribution in [0.5, 0.6) is 0 Å². The first-order valence-electron chi connectivity index (χ1n) is 6.92. The van der Waals surface area contributed by atoms with Crippen molar-refractivity contribution < 1.29 is 28.2 Å². The smallest absolute Gasteiger partial charge is 0.414 e. The summed E-state index contributed by atoms with van der Waals surface area (Å²) < 4.78 is 37.3. The Hall–Kier alpha value is -1.77. The monoisotopic (exact) mass is 314 g/mol. The first-order chi connectivity index (χ1) is 10.6. The molecule has 0 spiro atoms. The highest BCUT2D eigenvalue weighted by atomic mass is 19.2. The summed E-state index contributed by atoms with van der Waals surface area (Å²) in [6, 6.07) is 8.72. The molecule has 1 aromatic rings. The molecule has 0 radical (unpaired) electrons. The quantitative estimate of drug-likeness (QED) is 0.851. The van der Waals surface area contributed by atoms with Crippen LogP contribution in [-0.4, -0.2) is 60.8 Å². The normalized spacial score (nSPS) is 31.1. The Kier molecular flexibility index (Phi) is 4.23. The van der Waals surface area contributed by atoms with E-state index in [1.165, 1.54) is 4.90 Å². The number of hydrogen-bond acceptors (Lipinski definition) is 5. The van der Waals surface area contributed by atoms with Crippen LogP contribution in [-0.2, 0) is 9.47 Å². The number of alkyl halides is 2. The van der Waals surface area contributed by atoms with Crippen molar-refractivity contribution in [3.05, 3.63) is 30.3 Å². The van der Waals surface area contributed by atoms with Gasteiger partial charge in [-0.3, -0.25) is 4.90 Å². The number of hydrogen-bond donors (Lipinski definition) is 1. The van der Waals surface area contributed by atoms with Crippen LogP contribution in [0.4, 0.5) is 19.3 Å². The zero-order valence-corrected chi connectivity index (χ0v) is 11.6. The van der Waals surface area contributed by atoms with Crippen LogP contribution in [0, 0.1) is 0 Å². The van der Waals surface area contributed by atoms with Crippen LogP contribution in [0.1, 0.15) is 0 Å². The van der Waals surface area contributed by atoms with Crippen molar-refractivity contribution in [1.29, 1.82) is 0 Å². The minimum absolute atomic E-state index is 0.0147. The summed E-state index contributed by atoms with van der Waals surface area (Å²) in [6.07, 6.45) is -6.85. The number of rotatable bonds is 3. The molecule has 4 atom stereocenters. The lowest BCUT2D eigenvalue weighted by atomic mass is 10.2. The van der Waals surface area contributed by atoms with Gasteiger partial charge in [0, 0.05) is 5.69 Å². The molecule has 2 aliphatic rings. The average molecular weight is 314 g/mol. The Bertz CT molecular complexity index is 523. The number of aliphatic hydroxyl groups is 1. The van der Waals surface area contributed by atoms with E-state index >= 15 is 0 Å². The summed E-state index contributed by atoms with van der Waals surface area (Å²) >= 11 is 0. The molecule has 0 saturated carbocycles. The predicted molar refractivity (Wildman–Crippen MR) is 72.5 cm³/mol. The molecule has 1 N–H and O–H groups in total. The summed E-state index contributed by atoms with van der Waals surface area (Å²) in [4.78, 5) is 13.8. The van der Waals surface area contributed by atoms with Gasteiger partial charge in [-0.05, 0) is 12.1 Å². The lowest BCUT2D eigenvalue weighted by Gasteiger charge is -2.37. The second-order valence-electron chi connectivity index (χ2n) is 5.14. The summed E-state index contributed by atoms with van der Waals surface area (Å²) in [5.41, 5.74) is 0.595. The van der Waals surface area contributed by atoms with Gasteiger partial charge < -0.3 is 14.6 Å². The van der Waals surface area contributed by atoms with Gasteiger partial charge >= 0.3 is 6.09 Å². The first kappa shape index (κ1) is 15.1. The summed E-state index contributed by atoms with van der Waals surface area (Å²) in [5.74, 6) is 0. The highest BCUT2D eigenvalue weighted by Gasteiger charge is 2.45. The van der Waals surface area contributed by atoms with E-state index in [2.05, 4.69) is 0 Å². The molecule has 3 rings (SSSR count). The minimum Gasteiger partial charge on any atom is -0.440 e. The molecule has 2 saturated heterocycles. The van der Waals surface area contributed by atoms with Crippen LogP contribution >= 0.6 is 0 Å². The minimum atomic E-state index is -1.79. The molecule has 1 aromatic carbocycles. The molecular weight excluding hydrogens is 298 g/mol. The van der Waals surface area contributed by atoms with E-state index in [0.717, 1.165) is 0 Å². The molecule has 120 valence electrons. The molecule has 2 aliphatic heterocycles. The zero-order valence-electron chi connectivity index (χ0n) is 11.6. The number of anilines is 1. The highest BCUT2D eigenvalue weighted by molar-refractivity contribution is 5.89. The number of halogens is 2. The molecule has 4 unspecified atom stereocenters. The van der Waals surface area contributed by atoms with E-state index in [1.807, 2.05) is 0 Å². The maximum absolute atomic E-state index is 13.8. The average Bonchev–Trinajstić information content (AvgIpc) is 2.90. The Balaban J connectivity index is 1.72.